The van der Waals surface area contributed by atoms with Crippen LogP contribution in [0.4, 0.5) is 24.7 Å². The monoisotopic (exact) mass is 474 g/mol. The van der Waals surface area contributed by atoms with Gasteiger partial charge in [0.2, 0.25) is 0 Å². The normalized spacial score (nSPS) is 11.1. The van der Waals surface area contributed by atoms with Crippen molar-refractivity contribution in [1.29, 1.82) is 0 Å². The van der Waals surface area contributed by atoms with E-state index in [1.807, 2.05) is 0 Å². The number of hydrogen-bond donors (Lipinski definition) is 0. The van der Waals surface area contributed by atoms with Crippen molar-refractivity contribution in [3.63, 3.8) is 0 Å². The molecular weight excluding hydrogens is 457 g/mol. The lowest BCUT2D eigenvalue weighted by molar-refractivity contribution is 0.0519. The van der Waals surface area contributed by atoms with Gasteiger partial charge in [0.05, 0.1) is 18.0 Å². The molecule has 0 fully saturated rings. The van der Waals surface area contributed by atoms with Crippen molar-refractivity contribution >= 4 is 34.7 Å². The summed E-state index contributed by atoms with van der Waals surface area (Å²) in [5, 5.41) is 3.64. The Kier molecular flexibility index (Phi) is 5.99. The van der Waals surface area contributed by atoms with E-state index in [1.54, 1.807) is 33.0 Å². The molecule has 2 aromatic heterocycles. The largest absolute Gasteiger partial charge is 0.461 e. The standard InChI is InChI=1S/C23H18ClF3N4O2/c1-4-33-23(32)18-10-19-28-17(13-8-15(26)21(24)16(27)9-13)11-20(31(19)29-18)30(3)22-12(2)6-5-7-14(22)25/h5-11H,4H2,1-3H3. The number of aromatic nitrogens is 3. The first-order chi connectivity index (χ1) is 15.7. The van der Waals surface area contributed by atoms with Crippen LogP contribution < -0.4 is 4.90 Å². The number of fused-ring (bicyclic) bond motifs is 1. The van der Waals surface area contributed by atoms with E-state index in [1.165, 1.54) is 27.6 Å². The summed E-state index contributed by atoms with van der Waals surface area (Å²) in [6.07, 6.45) is 0. The van der Waals surface area contributed by atoms with Gasteiger partial charge in [-0.15, -0.1) is 0 Å². The summed E-state index contributed by atoms with van der Waals surface area (Å²) in [6.45, 7) is 3.55. The Labute approximate surface area is 192 Å². The molecule has 0 aliphatic rings. The number of benzene rings is 2. The highest BCUT2D eigenvalue weighted by atomic mass is 35.5. The van der Waals surface area contributed by atoms with Crippen molar-refractivity contribution in [3.05, 3.63) is 76.2 Å². The second kappa shape index (κ2) is 8.74. The van der Waals surface area contributed by atoms with E-state index >= 15 is 0 Å². The van der Waals surface area contributed by atoms with Gasteiger partial charge in [0.25, 0.3) is 0 Å². The first-order valence-corrected chi connectivity index (χ1v) is 10.3. The van der Waals surface area contributed by atoms with E-state index < -0.39 is 28.4 Å². The molecular formula is C23H18ClF3N4O2. The van der Waals surface area contributed by atoms with Crippen LogP contribution in [0.5, 0.6) is 0 Å². The fraction of sp³-hybridized carbons (Fsp3) is 0.174. The first-order valence-electron chi connectivity index (χ1n) is 9.93. The van der Waals surface area contributed by atoms with Crippen molar-refractivity contribution in [2.75, 3.05) is 18.6 Å². The molecule has 2 heterocycles. The molecule has 4 aromatic rings. The molecule has 0 N–H and O–H groups in total. The molecule has 0 aliphatic carbocycles. The smallest absolute Gasteiger partial charge is 0.358 e. The summed E-state index contributed by atoms with van der Waals surface area (Å²) < 4.78 is 49.3. The molecule has 0 amide bonds. The summed E-state index contributed by atoms with van der Waals surface area (Å²) in [4.78, 5) is 18.2. The lowest BCUT2D eigenvalue weighted by Crippen LogP contribution is -2.17. The molecule has 10 heteroatoms. The van der Waals surface area contributed by atoms with Gasteiger partial charge in [-0.3, -0.25) is 0 Å². The zero-order chi connectivity index (χ0) is 23.9. The van der Waals surface area contributed by atoms with Crippen molar-refractivity contribution < 1.29 is 22.7 Å². The number of rotatable bonds is 5. The van der Waals surface area contributed by atoms with Gasteiger partial charge in [-0.25, -0.2) is 22.9 Å². The van der Waals surface area contributed by atoms with E-state index in [0.29, 0.717) is 11.4 Å². The van der Waals surface area contributed by atoms with Crippen LogP contribution in [-0.2, 0) is 4.74 Å². The zero-order valence-corrected chi connectivity index (χ0v) is 18.6. The molecule has 0 aliphatic heterocycles. The maximum Gasteiger partial charge on any atom is 0.358 e. The number of carbonyl (C=O) groups excluding carboxylic acids is 1. The molecule has 4 rings (SSSR count). The van der Waals surface area contributed by atoms with Crippen LogP contribution in [0, 0.1) is 24.4 Å². The second-order valence-electron chi connectivity index (χ2n) is 7.24. The summed E-state index contributed by atoms with van der Waals surface area (Å²) in [5.74, 6) is -2.74. The maximum absolute atomic E-state index is 14.7. The number of ether oxygens (including phenoxy) is 1. The Bertz CT molecular complexity index is 1350. The number of esters is 1. The predicted octanol–water partition coefficient (Wildman–Crippen LogP) is 5.72. The third-order valence-corrected chi connectivity index (χ3v) is 5.40. The minimum Gasteiger partial charge on any atom is -0.461 e. The molecule has 0 unspecified atom stereocenters. The van der Waals surface area contributed by atoms with Crippen molar-refractivity contribution in [1.82, 2.24) is 14.6 Å². The molecule has 0 bridgehead atoms. The van der Waals surface area contributed by atoms with Crippen LogP contribution in [-0.4, -0.2) is 34.2 Å². The summed E-state index contributed by atoms with van der Waals surface area (Å²) >= 11 is 5.61. The number of para-hydroxylation sites is 1. The van der Waals surface area contributed by atoms with Crippen LogP contribution in [0.1, 0.15) is 23.0 Å². The fourth-order valence-corrected chi connectivity index (χ4v) is 3.63. The first kappa shape index (κ1) is 22.6. The fourth-order valence-electron chi connectivity index (χ4n) is 3.52. The quantitative estimate of drug-likeness (QED) is 0.273. The van der Waals surface area contributed by atoms with Crippen LogP contribution in [0.15, 0.2) is 42.5 Å². The van der Waals surface area contributed by atoms with E-state index in [9.17, 15) is 18.0 Å². The Morgan fingerprint density at radius 3 is 2.45 bits per heavy atom. The van der Waals surface area contributed by atoms with Crippen molar-refractivity contribution in [2.24, 2.45) is 0 Å². The second-order valence-corrected chi connectivity index (χ2v) is 7.62. The van der Waals surface area contributed by atoms with Crippen LogP contribution in [0.2, 0.25) is 5.02 Å². The number of aryl methyl sites for hydroxylation is 1. The summed E-state index contributed by atoms with van der Waals surface area (Å²) in [7, 11) is 1.61. The van der Waals surface area contributed by atoms with E-state index in [2.05, 4.69) is 10.1 Å². The van der Waals surface area contributed by atoms with Gasteiger partial charge in [-0.1, -0.05) is 23.7 Å². The average Bonchev–Trinajstić information content (AvgIpc) is 3.21. The Hall–Kier alpha value is -3.59. The van der Waals surface area contributed by atoms with Gasteiger partial charge >= 0.3 is 5.97 Å². The predicted molar refractivity (Wildman–Crippen MR) is 119 cm³/mol. The highest BCUT2D eigenvalue weighted by Crippen LogP contribution is 2.33. The van der Waals surface area contributed by atoms with Crippen LogP contribution in [0.25, 0.3) is 16.9 Å². The topological polar surface area (TPSA) is 59.7 Å². The highest BCUT2D eigenvalue weighted by molar-refractivity contribution is 6.31. The SMILES string of the molecule is CCOC(=O)c1cc2nc(-c3cc(F)c(Cl)c(F)c3)cc(N(C)c3c(C)cccc3F)n2n1. The number of nitrogens with zero attached hydrogens (tertiary/aromatic N) is 4. The van der Waals surface area contributed by atoms with Crippen LogP contribution in [0.3, 0.4) is 0 Å². The third-order valence-electron chi connectivity index (χ3n) is 5.04. The van der Waals surface area contributed by atoms with Crippen LogP contribution >= 0.6 is 11.6 Å². The molecule has 2 aromatic carbocycles. The van der Waals surface area contributed by atoms with E-state index in [-0.39, 0.29) is 34.9 Å². The molecule has 0 saturated heterocycles. The zero-order valence-electron chi connectivity index (χ0n) is 17.9. The van der Waals surface area contributed by atoms with Gasteiger partial charge in [-0.2, -0.15) is 9.61 Å². The minimum absolute atomic E-state index is 0.0186. The van der Waals surface area contributed by atoms with E-state index in [0.717, 1.165) is 12.1 Å². The Balaban J connectivity index is 1.97. The molecule has 0 radical (unpaired) electrons. The van der Waals surface area contributed by atoms with Gasteiger partial charge in [0.15, 0.2) is 11.3 Å². The number of halogens is 4. The maximum atomic E-state index is 14.7. The lowest BCUT2D eigenvalue weighted by atomic mass is 10.1. The third kappa shape index (κ3) is 4.11. The highest BCUT2D eigenvalue weighted by Gasteiger charge is 2.21. The van der Waals surface area contributed by atoms with Gasteiger partial charge in [0.1, 0.15) is 28.3 Å². The van der Waals surface area contributed by atoms with Gasteiger partial charge < -0.3 is 9.64 Å². The number of hydrogen-bond acceptors (Lipinski definition) is 5. The molecule has 0 saturated carbocycles. The average molecular weight is 475 g/mol. The van der Waals surface area contributed by atoms with Gasteiger partial charge in [-0.05, 0) is 37.6 Å². The molecule has 0 spiro atoms. The number of anilines is 2. The minimum atomic E-state index is -0.950. The van der Waals surface area contributed by atoms with Crippen molar-refractivity contribution in [2.45, 2.75) is 13.8 Å². The Morgan fingerprint density at radius 2 is 1.82 bits per heavy atom. The summed E-state index contributed by atoms with van der Waals surface area (Å²) in [5.41, 5.74) is 1.36. The molecule has 0 atom stereocenters. The Morgan fingerprint density at radius 1 is 1.12 bits per heavy atom. The lowest BCUT2D eigenvalue weighted by Gasteiger charge is -2.23. The van der Waals surface area contributed by atoms with Gasteiger partial charge in [0, 0.05) is 24.7 Å². The molecule has 6 nitrogen and oxygen atoms in total. The summed E-state index contributed by atoms with van der Waals surface area (Å²) in [6, 6.07) is 9.61. The van der Waals surface area contributed by atoms with E-state index in [4.69, 9.17) is 16.3 Å². The van der Waals surface area contributed by atoms with Crippen molar-refractivity contribution in [3.8, 4) is 11.3 Å². The molecule has 33 heavy (non-hydrogen) atoms. The molecule has 170 valence electrons. The number of carbonyl (C=O) groups is 1.